The SMILES string of the molecule is CC(C)(CO)[C@H](N)c1ccc2c(c1)OCCO2. The summed E-state index contributed by atoms with van der Waals surface area (Å²) in [6.45, 7) is 5.07. The smallest absolute Gasteiger partial charge is 0.161 e. The van der Waals surface area contributed by atoms with Gasteiger partial charge in [0.2, 0.25) is 0 Å². The molecule has 94 valence electrons. The van der Waals surface area contributed by atoms with E-state index in [1.807, 2.05) is 32.0 Å². The molecular weight excluding hydrogens is 218 g/mol. The van der Waals surface area contributed by atoms with Crippen LogP contribution in [0.3, 0.4) is 0 Å². The molecule has 1 heterocycles. The summed E-state index contributed by atoms with van der Waals surface area (Å²) in [5, 5.41) is 9.33. The van der Waals surface area contributed by atoms with E-state index in [2.05, 4.69) is 0 Å². The molecule has 1 aliphatic heterocycles. The van der Waals surface area contributed by atoms with Crippen LogP contribution in [-0.4, -0.2) is 24.9 Å². The fraction of sp³-hybridized carbons (Fsp3) is 0.538. The molecule has 4 heteroatoms. The molecule has 1 aromatic carbocycles. The Balaban J connectivity index is 2.28. The summed E-state index contributed by atoms with van der Waals surface area (Å²) in [6.07, 6.45) is 0. The lowest BCUT2D eigenvalue weighted by molar-refractivity contribution is 0.131. The number of hydrogen-bond donors (Lipinski definition) is 2. The Morgan fingerprint density at radius 3 is 2.59 bits per heavy atom. The first-order valence-electron chi connectivity index (χ1n) is 5.80. The van der Waals surface area contributed by atoms with Crippen LogP contribution in [0, 0.1) is 5.41 Å². The van der Waals surface area contributed by atoms with Crippen molar-refractivity contribution >= 4 is 0 Å². The number of rotatable bonds is 3. The third kappa shape index (κ3) is 2.37. The standard InChI is InChI=1S/C13H19NO3/c1-13(2,8-15)12(14)9-3-4-10-11(7-9)17-6-5-16-10/h3-4,7,12,15H,5-6,8,14H2,1-2H3/t12-/m1/s1. The van der Waals surface area contributed by atoms with E-state index in [0.717, 1.165) is 17.1 Å². The third-order valence-electron chi connectivity index (χ3n) is 3.17. The van der Waals surface area contributed by atoms with E-state index in [-0.39, 0.29) is 18.1 Å². The molecule has 17 heavy (non-hydrogen) atoms. The number of aliphatic hydroxyl groups is 1. The normalized spacial score (nSPS) is 16.7. The van der Waals surface area contributed by atoms with Gasteiger partial charge in [-0.3, -0.25) is 0 Å². The zero-order valence-electron chi connectivity index (χ0n) is 10.3. The van der Waals surface area contributed by atoms with Crippen LogP contribution in [0.1, 0.15) is 25.5 Å². The second-order valence-electron chi connectivity index (χ2n) is 5.03. The minimum Gasteiger partial charge on any atom is -0.486 e. The van der Waals surface area contributed by atoms with Gasteiger partial charge in [-0.15, -0.1) is 0 Å². The van der Waals surface area contributed by atoms with Crippen LogP contribution in [0.15, 0.2) is 18.2 Å². The average molecular weight is 237 g/mol. The quantitative estimate of drug-likeness (QED) is 0.835. The van der Waals surface area contributed by atoms with Gasteiger partial charge in [-0.05, 0) is 17.7 Å². The fourth-order valence-electron chi connectivity index (χ4n) is 1.80. The minimum absolute atomic E-state index is 0.0443. The van der Waals surface area contributed by atoms with Gasteiger partial charge in [-0.2, -0.15) is 0 Å². The molecule has 0 aliphatic carbocycles. The molecule has 4 nitrogen and oxygen atoms in total. The molecule has 0 bridgehead atoms. The Morgan fingerprint density at radius 2 is 1.94 bits per heavy atom. The molecule has 0 aromatic heterocycles. The van der Waals surface area contributed by atoms with Crippen molar-refractivity contribution in [2.24, 2.45) is 11.1 Å². The van der Waals surface area contributed by atoms with Gasteiger partial charge in [0, 0.05) is 18.1 Å². The van der Waals surface area contributed by atoms with E-state index in [1.165, 1.54) is 0 Å². The Bertz CT molecular complexity index is 404. The van der Waals surface area contributed by atoms with E-state index in [1.54, 1.807) is 0 Å². The molecule has 1 aliphatic rings. The van der Waals surface area contributed by atoms with Gasteiger partial charge in [0.15, 0.2) is 11.5 Å². The Morgan fingerprint density at radius 1 is 1.29 bits per heavy atom. The van der Waals surface area contributed by atoms with Gasteiger partial charge in [0.1, 0.15) is 13.2 Å². The fourth-order valence-corrected chi connectivity index (χ4v) is 1.80. The minimum atomic E-state index is -0.357. The summed E-state index contributed by atoms with van der Waals surface area (Å²) in [6, 6.07) is 5.46. The first-order valence-corrected chi connectivity index (χ1v) is 5.80. The highest BCUT2D eigenvalue weighted by Gasteiger charge is 2.28. The van der Waals surface area contributed by atoms with Gasteiger partial charge < -0.3 is 20.3 Å². The van der Waals surface area contributed by atoms with E-state index < -0.39 is 0 Å². The van der Waals surface area contributed by atoms with Gasteiger partial charge in [0.05, 0.1) is 0 Å². The van der Waals surface area contributed by atoms with Crippen molar-refractivity contribution in [3.05, 3.63) is 23.8 Å². The van der Waals surface area contributed by atoms with Crippen LogP contribution in [-0.2, 0) is 0 Å². The number of aliphatic hydroxyl groups excluding tert-OH is 1. The van der Waals surface area contributed by atoms with E-state index >= 15 is 0 Å². The maximum atomic E-state index is 9.33. The first kappa shape index (κ1) is 12.2. The van der Waals surface area contributed by atoms with Crippen LogP contribution in [0.5, 0.6) is 11.5 Å². The zero-order chi connectivity index (χ0) is 12.5. The van der Waals surface area contributed by atoms with Crippen molar-refractivity contribution in [1.29, 1.82) is 0 Å². The molecule has 0 unspecified atom stereocenters. The first-order chi connectivity index (χ1) is 8.04. The summed E-state index contributed by atoms with van der Waals surface area (Å²) in [4.78, 5) is 0. The number of ether oxygens (including phenoxy) is 2. The maximum absolute atomic E-state index is 9.33. The summed E-state index contributed by atoms with van der Waals surface area (Å²) >= 11 is 0. The van der Waals surface area contributed by atoms with Gasteiger partial charge in [-0.1, -0.05) is 19.9 Å². The monoisotopic (exact) mass is 237 g/mol. The lowest BCUT2D eigenvalue weighted by Gasteiger charge is -2.30. The number of benzene rings is 1. The summed E-state index contributed by atoms with van der Waals surface area (Å²) in [7, 11) is 0. The van der Waals surface area contributed by atoms with Gasteiger partial charge in [-0.25, -0.2) is 0 Å². The molecule has 0 saturated heterocycles. The second-order valence-corrected chi connectivity index (χ2v) is 5.03. The summed E-state index contributed by atoms with van der Waals surface area (Å²) in [5.74, 6) is 1.49. The van der Waals surface area contributed by atoms with Crippen molar-refractivity contribution in [1.82, 2.24) is 0 Å². The highest BCUT2D eigenvalue weighted by atomic mass is 16.6. The van der Waals surface area contributed by atoms with Crippen LogP contribution in [0.2, 0.25) is 0 Å². The molecular formula is C13H19NO3. The second kappa shape index (κ2) is 4.55. The highest BCUT2D eigenvalue weighted by Crippen LogP contribution is 2.36. The Kier molecular flexibility index (Phi) is 3.26. The molecule has 0 saturated carbocycles. The van der Waals surface area contributed by atoms with Gasteiger partial charge >= 0.3 is 0 Å². The predicted octanol–water partition coefficient (Wildman–Crippen LogP) is 1.48. The lowest BCUT2D eigenvalue weighted by Crippen LogP contribution is -2.32. The van der Waals surface area contributed by atoms with Crippen molar-refractivity contribution in [3.63, 3.8) is 0 Å². The molecule has 1 atom stereocenters. The number of hydrogen-bond acceptors (Lipinski definition) is 4. The van der Waals surface area contributed by atoms with Crippen LogP contribution >= 0.6 is 0 Å². The highest BCUT2D eigenvalue weighted by molar-refractivity contribution is 5.44. The molecule has 2 rings (SSSR count). The third-order valence-corrected chi connectivity index (χ3v) is 3.17. The van der Waals surface area contributed by atoms with Crippen LogP contribution in [0.25, 0.3) is 0 Å². The summed E-state index contributed by atoms with van der Waals surface area (Å²) < 4.78 is 11.0. The topological polar surface area (TPSA) is 64.7 Å². The largest absolute Gasteiger partial charge is 0.486 e. The van der Waals surface area contributed by atoms with Crippen LogP contribution in [0.4, 0.5) is 0 Å². The maximum Gasteiger partial charge on any atom is 0.161 e. The molecule has 0 spiro atoms. The van der Waals surface area contributed by atoms with E-state index in [0.29, 0.717) is 13.2 Å². The Labute approximate surface area is 101 Å². The summed E-state index contributed by atoms with van der Waals surface area (Å²) in [5.41, 5.74) is 6.75. The van der Waals surface area contributed by atoms with E-state index in [4.69, 9.17) is 15.2 Å². The van der Waals surface area contributed by atoms with Crippen molar-refractivity contribution in [2.75, 3.05) is 19.8 Å². The lowest BCUT2D eigenvalue weighted by atomic mass is 9.82. The molecule has 1 aromatic rings. The Hall–Kier alpha value is -1.26. The average Bonchev–Trinajstić information content (AvgIpc) is 2.37. The molecule has 0 amide bonds. The molecule has 3 N–H and O–H groups in total. The molecule has 0 radical (unpaired) electrons. The van der Waals surface area contributed by atoms with E-state index in [9.17, 15) is 5.11 Å². The van der Waals surface area contributed by atoms with Gasteiger partial charge in [0.25, 0.3) is 0 Å². The molecule has 0 fully saturated rings. The van der Waals surface area contributed by atoms with Crippen molar-refractivity contribution < 1.29 is 14.6 Å². The predicted molar refractivity (Wildman–Crippen MR) is 65.2 cm³/mol. The number of nitrogens with two attached hydrogens (primary N) is 1. The van der Waals surface area contributed by atoms with Crippen molar-refractivity contribution in [2.45, 2.75) is 19.9 Å². The number of fused-ring (bicyclic) bond motifs is 1. The zero-order valence-corrected chi connectivity index (χ0v) is 10.3. The van der Waals surface area contributed by atoms with Crippen LogP contribution < -0.4 is 15.2 Å². The van der Waals surface area contributed by atoms with Crippen molar-refractivity contribution in [3.8, 4) is 11.5 Å².